The molecule has 15 heavy (non-hydrogen) atoms. The molecule has 0 heterocycles. The SMILES string of the molecule is CC(OS(C)(=O)=O)C(=O)c1ccccc1. The maximum absolute atomic E-state index is 11.6. The molecule has 0 aliphatic rings. The molecule has 1 atom stereocenters. The lowest BCUT2D eigenvalue weighted by Gasteiger charge is -2.09. The smallest absolute Gasteiger partial charge is 0.265 e. The highest BCUT2D eigenvalue weighted by atomic mass is 32.2. The van der Waals surface area contributed by atoms with Crippen LogP contribution in [0.15, 0.2) is 30.3 Å². The van der Waals surface area contributed by atoms with Gasteiger partial charge in [-0.05, 0) is 6.92 Å². The molecule has 4 nitrogen and oxygen atoms in total. The number of hydrogen-bond donors (Lipinski definition) is 0. The molecule has 0 N–H and O–H groups in total. The second-order valence-electron chi connectivity index (χ2n) is 3.17. The standard InChI is InChI=1S/C10H12O4S/c1-8(14-15(2,12)13)10(11)9-6-4-3-5-7-9/h3-8H,1-2H3. The highest BCUT2D eigenvalue weighted by molar-refractivity contribution is 7.86. The molecule has 0 fully saturated rings. The Balaban J connectivity index is 2.79. The van der Waals surface area contributed by atoms with Gasteiger partial charge in [-0.3, -0.25) is 8.98 Å². The van der Waals surface area contributed by atoms with Crippen molar-refractivity contribution in [1.29, 1.82) is 0 Å². The Bertz CT molecular complexity index is 436. The largest absolute Gasteiger partial charge is 0.291 e. The van der Waals surface area contributed by atoms with E-state index < -0.39 is 16.2 Å². The minimum atomic E-state index is -3.60. The van der Waals surface area contributed by atoms with Crippen LogP contribution in [0.2, 0.25) is 0 Å². The van der Waals surface area contributed by atoms with Crippen molar-refractivity contribution in [2.45, 2.75) is 13.0 Å². The molecule has 0 bridgehead atoms. The zero-order valence-corrected chi connectivity index (χ0v) is 9.32. The van der Waals surface area contributed by atoms with Crippen molar-refractivity contribution < 1.29 is 17.4 Å². The first kappa shape index (κ1) is 11.9. The number of Topliss-reactive ketones (excluding diaryl/α,β-unsaturated/α-hetero) is 1. The molecule has 82 valence electrons. The number of carbonyl (C=O) groups excluding carboxylic acids is 1. The van der Waals surface area contributed by atoms with Crippen LogP contribution in [-0.2, 0) is 14.3 Å². The van der Waals surface area contributed by atoms with Crippen LogP contribution < -0.4 is 0 Å². The van der Waals surface area contributed by atoms with E-state index in [1.807, 2.05) is 0 Å². The summed E-state index contributed by atoms with van der Waals surface area (Å²) >= 11 is 0. The second kappa shape index (κ2) is 4.55. The third-order valence-corrected chi connectivity index (χ3v) is 2.38. The summed E-state index contributed by atoms with van der Waals surface area (Å²) < 4.78 is 26.2. The molecule has 0 amide bonds. The van der Waals surface area contributed by atoms with Crippen LogP contribution in [0.5, 0.6) is 0 Å². The van der Waals surface area contributed by atoms with Gasteiger partial charge in [0, 0.05) is 5.56 Å². The first-order chi connectivity index (χ1) is 6.90. The fourth-order valence-corrected chi connectivity index (χ4v) is 1.75. The van der Waals surface area contributed by atoms with Crippen molar-refractivity contribution in [3.8, 4) is 0 Å². The predicted octanol–water partition coefficient (Wildman–Crippen LogP) is 1.23. The van der Waals surface area contributed by atoms with Crippen molar-refractivity contribution in [3.05, 3.63) is 35.9 Å². The summed E-state index contributed by atoms with van der Waals surface area (Å²) in [5.74, 6) is -0.346. The topological polar surface area (TPSA) is 60.4 Å². The van der Waals surface area contributed by atoms with E-state index in [9.17, 15) is 13.2 Å². The summed E-state index contributed by atoms with van der Waals surface area (Å²) in [5.41, 5.74) is 0.439. The normalized spacial score (nSPS) is 13.5. The fraction of sp³-hybridized carbons (Fsp3) is 0.300. The Morgan fingerprint density at radius 2 is 1.80 bits per heavy atom. The van der Waals surface area contributed by atoms with E-state index in [4.69, 9.17) is 0 Å². The maximum atomic E-state index is 11.6. The maximum Gasteiger partial charge on any atom is 0.265 e. The van der Waals surface area contributed by atoms with Crippen LogP contribution in [0.3, 0.4) is 0 Å². The zero-order chi connectivity index (χ0) is 11.5. The number of ketones is 1. The molecule has 0 aromatic heterocycles. The lowest BCUT2D eigenvalue weighted by Crippen LogP contribution is -2.23. The molecule has 0 spiro atoms. The van der Waals surface area contributed by atoms with Gasteiger partial charge in [-0.1, -0.05) is 30.3 Å². The van der Waals surface area contributed by atoms with Crippen LogP contribution in [0, 0.1) is 0 Å². The molecule has 1 rings (SSSR count). The molecular formula is C10H12O4S. The van der Waals surface area contributed by atoms with Crippen LogP contribution in [0.1, 0.15) is 17.3 Å². The van der Waals surface area contributed by atoms with Gasteiger partial charge in [-0.25, -0.2) is 0 Å². The molecule has 1 unspecified atom stereocenters. The minimum absolute atomic E-state index is 0.346. The highest BCUT2D eigenvalue weighted by Gasteiger charge is 2.19. The van der Waals surface area contributed by atoms with Gasteiger partial charge in [0.15, 0.2) is 5.78 Å². The highest BCUT2D eigenvalue weighted by Crippen LogP contribution is 2.07. The summed E-state index contributed by atoms with van der Waals surface area (Å²) in [6.07, 6.45) is -0.0655. The van der Waals surface area contributed by atoms with Gasteiger partial charge in [0.05, 0.1) is 6.26 Å². The van der Waals surface area contributed by atoms with Crippen LogP contribution in [-0.4, -0.2) is 26.6 Å². The molecule has 1 aromatic rings. The minimum Gasteiger partial charge on any atom is -0.291 e. The van der Waals surface area contributed by atoms with Gasteiger partial charge in [0.1, 0.15) is 6.10 Å². The molecule has 0 aliphatic heterocycles. The quantitative estimate of drug-likeness (QED) is 0.574. The Morgan fingerprint density at radius 3 is 2.27 bits per heavy atom. The summed E-state index contributed by atoms with van der Waals surface area (Å²) in [6.45, 7) is 1.41. The Hall–Kier alpha value is -1.20. The number of benzene rings is 1. The Kier molecular flexibility index (Phi) is 3.60. The number of rotatable bonds is 4. The summed E-state index contributed by atoms with van der Waals surface area (Å²) in [6, 6.07) is 8.43. The van der Waals surface area contributed by atoms with E-state index in [0.717, 1.165) is 6.26 Å². The van der Waals surface area contributed by atoms with Gasteiger partial charge < -0.3 is 0 Å². The summed E-state index contributed by atoms with van der Waals surface area (Å²) in [4.78, 5) is 11.6. The molecule has 0 saturated heterocycles. The summed E-state index contributed by atoms with van der Waals surface area (Å²) in [5, 5.41) is 0. The zero-order valence-electron chi connectivity index (χ0n) is 8.51. The van der Waals surface area contributed by atoms with E-state index in [-0.39, 0.29) is 5.78 Å². The molecule has 0 radical (unpaired) electrons. The van der Waals surface area contributed by atoms with Crippen molar-refractivity contribution in [2.24, 2.45) is 0 Å². The van der Waals surface area contributed by atoms with Crippen LogP contribution in [0.25, 0.3) is 0 Å². The average Bonchev–Trinajstić information content (AvgIpc) is 2.15. The fourth-order valence-electron chi connectivity index (χ4n) is 1.14. The third-order valence-electron chi connectivity index (χ3n) is 1.75. The van der Waals surface area contributed by atoms with E-state index in [1.165, 1.54) is 6.92 Å². The monoisotopic (exact) mass is 228 g/mol. The molecular weight excluding hydrogens is 216 g/mol. The van der Waals surface area contributed by atoms with Crippen molar-refractivity contribution in [3.63, 3.8) is 0 Å². The lowest BCUT2D eigenvalue weighted by molar-refractivity contribution is 0.0827. The Morgan fingerprint density at radius 1 is 1.27 bits per heavy atom. The molecule has 1 aromatic carbocycles. The van der Waals surface area contributed by atoms with Gasteiger partial charge in [0.2, 0.25) is 0 Å². The second-order valence-corrected chi connectivity index (χ2v) is 4.77. The van der Waals surface area contributed by atoms with Crippen molar-refractivity contribution in [2.75, 3.05) is 6.26 Å². The van der Waals surface area contributed by atoms with Gasteiger partial charge >= 0.3 is 0 Å². The molecule has 5 heteroatoms. The van der Waals surface area contributed by atoms with Crippen molar-refractivity contribution in [1.82, 2.24) is 0 Å². The summed E-state index contributed by atoms with van der Waals surface area (Å²) in [7, 11) is -3.60. The van der Waals surface area contributed by atoms with E-state index in [0.29, 0.717) is 5.56 Å². The Labute approximate surface area is 89.0 Å². The lowest BCUT2D eigenvalue weighted by atomic mass is 10.1. The number of carbonyl (C=O) groups is 1. The number of hydrogen-bond acceptors (Lipinski definition) is 4. The predicted molar refractivity (Wildman–Crippen MR) is 56.2 cm³/mol. The van der Waals surface area contributed by atoms with Crippen LogP contribution in [0.4, 0.5) is 0 Å². The first-order valence-electron chi connectivity index (χ1n) is 4.37. The first-order valence-corrected chi connectivity index (χ1v) is 6.19. The van der Waals surface area contributed by atoms with E-state index in [2.05, 4.69) is 4.18 Å². The molecule has 0 aliphatic carbocycles. The van der Waals surface area contributed by atoms with E-state index >= 15 is 0 Å². The molecule has 0 saturated carbocycles. The third kappa shape index (κ3) is 3.81. The van der Waals surface area contributed by atoms with Gasteiger partial charge in [0.25, 0.3) is 10.1 Å². The van der Waals surface area contributed by atoms with E-state index in [1.54, 1.807) is 30.3 Å². The van der Waals surface area contributed by atoms with Crippen LogP contribution >= 0.6 is 0 Å². The van der Waals surface area contributed by atoms with Crippen molar-refractivity contribution >= 4 is 15.9 Å². The van der Waals surface area contributed by atoms with Gasteiger partial charge in [-0.2, -0.15) is 8.42 Å². The average molecular weight is 228 g/mol. The van der Waals surface area contributed by atoms with Gasteiger partial charge in [-0.15, -0.1) is 0 Å².